The van der Waals surface area contributed by atoms with Crippen LogP contribution in [-0.2, 0) is 0 Å². The number of rotatable bonds is 3. The Bertz CT molecular complexity index is 334. The highest BCUT2D eigenvalue weighted by Gasteiger charge is 2.10. The zero-order chi connectivity index (χ0) is 11.6. The molecule has 1 atom stereocenters. The third-order valence-corrected chi connectivity index (χ3v) is 2.69. The van der Waals surface area contributed by atoms with Crippen LogP contribution in [0.5, 0.6) is 5.75 Å². The van der Waals surface area contributed by atoms with Crippen molar-refractivity contribution in [2.24, 2.45) is 5.73 Å². The summed E-state index contributed by atoms with van der Waals surface area (Å²) in [6, 6.07) is 5.90. The molecule has 0 heterocycles. The van der Waals surface area contributed by atoms with E-state index in [4.69, 9.17) is 5.73 Å². The lowest BCUT2D eigenvalue weighted by Crippen LogP contribution is -2.25. The van der Waals surface area contributed by atoms with Gasteiger partial charge >= 0.3 is 0 Å². The summed E-state index contributed by atoms with van der Waals surface area (Å²) in [4.78, 5) is 2.10. The van der Waals surface area contributed by atoms with Crippen molar-refractivity contribution in [2.45, 2.75) is 32.9 Å². The van der Waals surface area contributed by atoms with E-state index in [-0.39, 0.29) is 11.8 Å². The SMILES string of the molecule is CC(N)c1ccc(N(C)C(C)C)cc1O. The van der Waals surface area contributed by atoms with Crippen molar-refractivity contribution < 1.29 is 5.11 Å². The van der Waals surface area contributed by atoms with E-state index in [0.717, 1.165) is 11.3 Å². The first-order valence-corrected chi connectivity index (χ1v) is 5.24. The third kappa shape index (κ3) is 2.63. The first-order valence-electron chi connectivity index (χ1n) is 5.24. The molecule has 0 fully saturated rings. The number of phenols is 1. The summed E-state index contributed by atoms with van der Waals surface area (Å²) in [5.41, 5.74) is 7.52. The molecular formula is C12H20N2O. The van der Waals surface area contributed by atoms with E-state index < -0.39 is 0 Å². The van der Waals surface area contributed by atoms with Gasteiger partial charge in [0, 0.05) is 36.4 Å². The van der Waals surface area contributed by atoms with Crippen molar-refractivity contribution >= 4 is 5.69 Å². The summed E-state index contributed by atoms with van der Waals surface area (Å²) in [6.45, 7) is 6.08. The minimum atomic E-state index is -0.136. The second kappa shape index (κ2) is 4.53. The molecule has 0 aliphatic rings. The Hall–Kier alpha value is -1.22. The number of benzene rings is 1. The Morgan fingerprint density at radius 3 is 2.27 bits per heavy atom. The highest BCUT2D eigenvalue weighted by Crippen LogP contribution is 2.28. The molecule has 3 nitrogen and oxygen atoms in total. The molecule has 0 spiro atoms. The maximum atomic E-state index is 9.79. The van der Waals surface area contributed by atoms with Crippen molar-refractivity contribution in [3.63, 3.8) is 0 Å². The number of hydrogen-bond donors (Lipinski definition) is 2. The van der Waals surface area contributed by atoms with Crippen molar-refractivity contribution in [1.29, 1.82) is 0 Å². The van der Waals surface area contributed by atoms with Crippen LogP contribution in [0.25, 0.3) is 0 Å². The van der Waals surface area contributed by atoms with Crippen LogP contribution in [0.4, 0.5) is 5.69 Å². The molecule has 0 amide bonds. The molecule has 0 aliphatic carbocycles. The molecule has 0 aromatic heterocycles. The van der Waals surface area contributed by atoms with E-state index in [2.05, 4.69) is 18.7 Å². The van der Waals surface area contributed by atoms with Crippen LogP contribution in [0.15, 0.2) is 18.2 Å². The molecule has 1 aromatic rings. The zero-order valence-electron chi connectivity index (χ0n) is 9.86. The molecule has 1 aromatic carbocycles. The smallest absolute Gasteiger partial charge is 0.122 e. The fourth-order valence-electron chi connectivity index (χ4n) is 1.43. The van der Waals surface area contributed by atoms with E-state index in [0.29, 0.717) is 6.04 Å². The average Bonchev–Trinajstić information content (AvgIpc) is 2.15. The summed E-state index contributed by atoms with van der Waals surface area (Å²) in [6.07, 6.45) is 0. The molecule has 15 heavy (non-hydrogen) atoms. The molecule has 0 saturated heterocycles. The number of hydrogen-bond acceptors (Lipinski definition) is 3. The van der Waals surface area contributed by atoms with Crippen molar-refractivity contribution in [1.82, 2.24) is 0 Å². The predicted octanol–water partition coefficient (Wildman–Crippen LogP) is 2.26. The zero-order valence-corrected chi connectivity index (χ0v) is 9.86. The van der Waals surface area contributed by atoms with Crippen LogP contribution in [0.1, 0.15) is 32.4 Å². The Labute approximate surface area is 91.5 Å². The molecule has 3 heteroatoms. The quantitative estimate of drug-likeness (QED) is 0.801. The van der Waals surface area contributed by atoms with Crippen molar-refractivity contribution in [3.8, 4) is 5.75 Å². The van der Waals surface area contributed by atoms with Gasteiger partial charge < -0.3 is 15.7 Å². The van der Waals surface area contributed by atoms with Gasteiger partial charge in [-0.05, 0) is 26.8 Å². The van der Waals surface area contributed by atoms with Crippen LogP contribution in [0, 0.1) is 0 Å². The summed E-state index contributed by atoms with van der Waals surface area (Å²) in [5, 5.41) is 9.79. The second-order valence-corrected chi connectivity index (χ2v) is 4.24. The van der Waals surface area contributed by atoms with E-state index in [9.17, 15) is 5.11 Å². The van der Waals surface area contributed by atoms with Crippen LogP contribution < -0.4 is 10.6 Å². The summed E-state index contributed by atoms with van der Waals surface area (Å²) in [5.74, 6) is 0.273. The second-order valence-electron chi connectivity index (χ2n) is 4.24. The Morgan fingerprint density at radius 1 is 1.27 bits per heavy atom. The highest BCUT2D eigenvalue weighted by molar-refractivity contribution is 5.53. The molecule has 0 aliphatic heterocycles. The third-order valence-electron chi connectivity index (χ3n) is 2.69. The number of nitrogens with zero attached hydrogens (tertiary/aromatic N) is 1. The van der Waals surface area contributed by atoms with Crippen LogP contribution in [-0.4, -0.2) is 18.2 Å². The molecule has 0 saturated carbocycles. The molecule has 84 valence electrons. The van der Waals surface area contributed by atoms with Gasteiger partial charge in [0.05, 0.1) is 0 Å². The van der Waals surface area contributed by atoms with E-state index >= 15 is 0 Å². The lowest BCUT2D eigenvalue weighted by atomic mass is 10.1. The summed E-state index contributed by atoms with van der Waals surface area (Å²) >= 11 is 0. The molecule has 1 rings (SSSR count). The van der Waals surface area contributed by atoms with Crippen LogP contribution >= 0.6 is 0 Å². The fourth-order valence-corrected chi connectivity index (χ4v) is 1.43. The predicted molar refractivity (Wildman–Crippen MR) is 64.2 cm³/mol. The minimum absolute atomic E-state index is 0.136. The monoisotopic (exact) mass is 208 g/mol. The lowest BCUT2D eigenvalue weighted by Gasteiger charge is -2.24. The molecule has 0 bridgehead atoms. The average molecular weight is 208 g/mol. The topological polar surface area (TPSA) is 49.5 Å². The highest BCUT2D eigenvalue weighted by atomic mass is 16.3. The van der Waals surface area contributed by atoms with Gasteiger partial charge in [-0.3, -0.25) is 0 Å². The van der Waals surface area contributed by atoms with E-state index in [1.165, 1.54) is 0 Å². The standard InChI is InChI=1S/C12H20N2O/c1-8(2)14(4)10-5-6-11(9(3)13)12(15)7-10/h5-9,15H,13H2,1-4H3. The molecular weight excluding hydrogens is 188 g/mol. The van der Waals surface area contributed by atoms with Gasteiger partial charge in [0.15, 0.2) is 0 Å². The fraction of sp³-hybridized carbons (Fsp3) is 0.500. The number of aromatic hydroxyl groups is 1. The Balaban J connectivity index is 3.01. The largest absolute Gasteiger partial charge is 0.508 e. The van der Waals surface area contributed by atoms with E-state index in [1.54, 1.807) is 6.07 Å². The number of phenolic OH excluding ortho intramolecular Hbond substituents is 1. The maximum Gasteiger partial charge on any atom is 0.122 e. The van der Waals surface area contributed by atoms with Gasteiger partial charge in [0.25, 0.3) is 0 Å². The lowest BCUT2D eigenvalue weighted by molar-refractivity contribution is 0.463. The molecule has 0 radical (unpaired) electrons. The van der Waals surface area contributed by atoms with Crippen molar-refractivity contribution in [3.05, 3.63) is 23.8 Å². The molecule has 1 unspecified atom stereocenters. The summed E-state index contributed by atoms with van der Waals surface area (Å²) in [7, 11) is 2.00. The molecule has 3 N–H and O–H groups in total. The van der Waals surface area contributed by atoms with E-state index in [1.807, 2.05) is 26.1 Å². The Kier molecular flexibility index (Phi) is 3.58. The number of anilines is 1. The van der Waals surface area contributed by atoms with Gasteiger partial charge in [-0.25, -0.2) is 0 Å². The normalized spacial score (nSPS) is 12.9. The maximum absolute atomic E-state index is 9.79. The number of nitrogens with two attached hydrogens (primary N) is 1. The van der Waals surface area contributed by atoms with Gasteiger partial charge in [0.2, 0.25) is 0 Å². The van der Waals surface area contributed by atoms with Gasteiger partial charge in [-0.2, -0.15) is 0 Å². The van der Waals surface area contributed by atoms with Crippen LogP contribution in [0.2, 0.25) is 0 Å². The van der Waals surface area contributed by atoms with Gasteiger partial charge in [-0.15, -0.1) is 0 Å². The Morgan fingerprint density at radius 2 is 1.87 bits per heavy atom. The minimum Gasteiger partial charge on any atom is -0.508 e. The first-order chi connectivity index (χ1) is 6.93. The van der Waals surface area contributed by atoms with Gasteiger partial charge in [0.1, 0.15) is 5.75 Å². The first kappa shape index (κ1) is 11.9. The van der Waals surface area contributed by atoms with Crippen LogP contribution in [0.3, 0.4) is 0 Å². The summed E-state index contributed by atoms with van der Waals surface area (Å²) < 4.78 is 0. The van der Waals surface area contributed by atoms with Gasteiger partial charge in [-0.1, -0.05) is 6.07 Å². The van der Waals surface area contributed by atoms with Crippen molar-refractivity contribution in [2.75, 3.05) is 11.9 Å².